The van der Waals surface area contributed by atoms with Gasteiger partial charge in [0.1, 0.15) is 0 Å². The highest BCUT2D eigenvalue weighted by molar-refractivity contribution is 4.88. The van der Waals surface area contributed by atoms with Crippen LogP contribution in [-0.4, -0.2) is 4.98 Å². The van der Waals surface area contributed by atoms with E-state index in [1.807, 2.05) is 45.9 Å². The molecule has 1 aromatic heterocycles. The Balaban J connectivity index is -0.000000146. The summed E-state index contributed by atoms with van der Waals surface area (Å²) in [5.41, 5.74) is 0.500. The van der Waals surface area contributed by atoms with E-state index < -0.39 is 0 Å². The zero-order chi connectivity index (χ0) is 12.7. The molecule has 0 atom stereocenters. The Labute approximate surface area is 97.0 Å². The first kappa shape index (κ1) is 19.7. The largest absolute Gasteiger partial charge is 0.265 e. The van der Waals surface area contributed by atoms with Crippen LogP contribution < -0.4 is 0 Å². The van der Waals surface area contributed by atoms with E-state index in [0.717, 1.165) is 0 Å². The number of rotatable bonds is 0. The van der Waals surface area contributed by atoms with Crippen LogP contribution in [0.25, 0.3) is 0 Å². The molecule has 1 aromatic rings. The molecule has 0 unspecified atom stereocenters. The van der Waals surface area contributed by atoms with Crippen molar-refractivity contribution in [1.82, 2.24) is 4.98 Å². The highest BCUT2D eigenvalue weighted by atomic mass is 14.6. The van der Waals surface area contributed by atoms with Gasteiger partial charge in [0.05, 0.1) is 0 Å². The SMILES string of the molecule is CC.CC.CC(C)(C)C.c1ccncc1. The minimum atomic E-state index is 0.500. The molecule has 0 aliphatic rings. The predicted octanol–water partition coefficient (Wildman–Crippen LogP) is 5.19. The van der Waals surface area contributed by atoms with Crippen molar-refractivity contribution in [2.75, 3.05) is 0 Å². The first-order valence-corrected chi connectivity index (χ1v) is 5.85. The molecule has 0 aliphatic heterocycles. The average Bonchev–Trinajstić information content (AvgIpc) is 2.24. The molecule has 1 heterocycles. The van der Waals surface area contributed by atoms with Gasteiger partial charge in [0, 0.05) is 12.4 Å². The lowest BCUT2D eigenvalue weighted by atomic mass is 10.0. The number of hydrogen-bond acceptors (Lipinski definition) is 1. The third kappa shape index (κ3) is 61.6. The van der Waals surface area contributed by atoms with Crippen LogP contribution in [0.15, 0.2) is 30.6 Å². The second kappa shape index (κ2) is 15.6. The summed E-state index contributed by atoms with van der Waals surface area (Å²) in [7, 11) is 0. The van der Waals surface area contributed by atoms with Gasteiger partial charge in [0.25, 0.3) is 0 Å². The topological polar surface area (TPSA) is 12.9 Å². The molecule has 1 heteroatoms. The number of pyridine rings is 1. The summed E-state index contributed by atoms with van der Waals surface area (Å²) in [4.78, 5) is 3.78. The maximum atomic E-state index is 3.78. The lowest BCUT2D eigenvalue weighted by molar-refractivity contribution is 0.469. The second-order valence-electron chi connectivity index (χ2n) is 4.02. The Kier molecular flexibility index (Phi) is 20.5. The van der Waals surface area contributed by atoms with Crippen molar-refractivity contribution in [1.29, 1.82) is 0 Å². The summed E-state index contributed by atoms with van der Waals surface area (Å²) >= 11 is 0. The van der Waals surface area contributed by atoms with Gasteiger partial charge in [-0.2, -0.15) is 0 Å². The van der Waals surface area contributed by atoms with Crippen LogP contribution in [0.3, 0.4) is 0 Å². The number of hydrogen-bond donors (Lipinski definition) is 0. The van der Waals surface area contributed by atoms with Crippen LogP contribution in [0, 0.1) is 5.41 Å². The third-order valence-corrected chi connectivity index (χ3v) is 0.566. The van der Waals surface area contributed by atoms with Gasteiger partial charge in [-0.05, 0) is 17.5 Å². The standard InChI is InChI=1S/C5H5N.C5H12.2C2H6/c1-2-4-6-5-3-1;1-5(2,3)4;2*1-2/h1-5H;1-4H3;2*1-2H3. The van der Waals surface area contributed by atoms with E-state index >= 15 is 0 Å². The summed E-state index contributed by atoms with van der Waals surface area (Å²) in [6, 6.07) is 5.72. The van der Waals surface area contributed by atoms with Crippen LogP contribution in [0.1, 0.15) is 55.4 Å². The molecule has 1 rings (SSSR count). The van der Waals surface area contributed by atoms with Gasteiger partial charge in [-0.3, -0.25) is 4.98 Å². The Morgan fingerprint density at radius 3 is 1.00 bits per heavy atom. The van der Waals surface area contributed by atoms with Crippen molar-refractivity contribution in [3.05, 3.63) is 30.6 Å². The summed E-state index contributed by atoms with van der Waals surface area (Å²) < 4.78 is 0. The zero-order valence-corrected chi connectivity index (χ0v) is 11.8. The molecule has 0 fully saturated rings. The minimum absolute atomic E-state index is 0.500. The van der Waals surface area contributed by atoms with E-state index in [0.29, 0.717) is 5.41 Å². The molecule has 0 aromatic carbocycles. The molecule has 90 valence electrons. The highest BCUT2D eigenvalue weighted by Crippen LogP contribution is 2.08. The first-order chi connectivity index (χ1) is 7.00. The van der Waals surface area contributed by atoms with E-state index in [-0.39, 0.29) is 0 Å². The fourth-order valence-corrected chi connectivity index (χ4v) is 0.313. The number of nitrogens with zero attached hydrogens (tertiary/aromatic N) is 1. The normalized spacial score (nSPS) is 8.00. The summed E-state index contributed by atoms with van der Waals surface area (Å²) in [6.45, 7) is 16.8. The van der Waals surface area contributed by atoms with E-state index in [4.69, 9.17) is 0 Å². The third-order valence-electron chi connectivity index (χ3n) is 0.566. The van der Waals surface area contributed by atoms with E-state index in [9.17, 15) is 0 Å². The van der Waals surface area contributed by atoms with Crippen molar-refractivity contribution >= 4 is 0 Å². The van der Waals surface area contributed by atoms with Crippen LogP contribution in [0.2, 0.25) is 0 Å². The Morgan fingerprint density at radius 1 is 0.667 bits per heavy atom. The van der Waals surface area contributed by atoms with E-state index in [2.05, 4.69) is 32.7 Å². The fourth-order valence-electron chi connectivity index (χ4n) is 0.313. The second-order valence-corrected chi connectivity index (χ2v) is 4.02. The Bertz CT molecular complexity index is 130. The van der Waals surface area contributed by atoms with Gasteiger partial charge in [-0.25, -0.2) is 0 Å². The highest BCUT2D eigenvalue weighted by Gasteiger charge is 1.95. The summed E-state index contributed by atoms with van der Waals surface area (Å²) in [6.07, 6.45) is 3.50. The van der Waals surface area contributed by atoms with Crippen molar-refractivity contribution in [3.63, 3.8) is 0 Å². The molecule has 1 nitrogen and oxygen atoms in total. The molecule has 0 aliphatic carbocycles. The van der Waals surface area contributed by atoms with Crippen molar-refractivity contribution in [2.45, 2.75) is 55.4 Å². The first-order valence-electron chi connectivity index (χ1n) is 5.85. The predicted molar refractivity (Wildman–Crippen MR) is 72.1 cm³/mol. The Morgan fingerprint density at radius 2 is 0.933 bits per heavy atom. The molecule has 0 bridgehead atoms. The molecule has 0 N–H and O–H groups in total. The number of aromatic nitrogens is 1. The monoisotopic (exact) mass is 211 g/mol. The average molecular weight is 211 g/mol. The molecule has 0 saturated carbocycles. The smallest absolute Gasteiger partial charge is 0.0267 e. The molecule has 0 spiro atoms. The van der Waals surface area contributed by atoms with Crippen molar-refractivity contribution in [3.8, 4) is 0 Å². The van der Waals surface area contributed by atoms with Gasteiger partial charge in [-0.1, -0.05) is 61.5 Å². The molecule has 15 heavy (non-hydrogen) atoms. The van der Waals surface area contributed by atoms with Gasteiger partial charge in [0.15, 0.2) is 0 Å². The van der Waals surface area contributed by atoms with Crippen LogP contribution in [0.4, 0.5) is 0 Å². The van der Waals surface area contributed by atoms with Crippen molar-refractivity contribution in [2.24, 2.45) is 5.41 Å². The van der Waals surface area contributed by atoms with E-state index in [1.54, 1.807) is 12.4 Å². The molecule has 0 amide bonds. The molecular formula is C14H29N. The van der Waals surface area contributed by atoms with Gasteiger partial charge >= 0.3 is 0 Å². The Hall–Kier alpha value is -0.850. The maximum absolute atomic E-state index is 3.78. The molecular weight excluding hydrogens is 182 g/mol. The zero-order valence-electron chi connectivity index (χ0n) is 11.8. The van der Waals surface area contributed by atoms with Gasteiger partial charge in [0.2, 0.25) is 0 Å². The fraction of sp³-hybridized carbons (Fsp3) is 0.643. The van der Waals surface area contributed by atoms with Crippen LogP contribution in [0.5, 0.6) is 0 Å². The van der Waals surface area contributed by atoms with Crippen LogP contribution >= 0.6 is 0 Å². The summed E-state index contributed by atoms with van der Waals surface area (Å²) in [5.74, 6) is 0. The van der Waals surface area contributed by atoms with Crippen molar-refractivity contribution < 1.29 is 0 Å². The molecule has 0 saturated heterocycles. The summed E-state index contributed by atoms with van der Waals surface area (Å²) in [5, 5.41) is 0. The van der Waals surface area contributed by atoms with Gasteiger partial charge < -0.3 is 0 Å². The lowest BCUT2D eigenvalue weighted by Gasteiger charge is -2.05. The maximum Gasteiger partial charge on any atom is 0.0267 e. The van der Waals surface area contributed by atoms with Gasteiger partial charge in [-0.15, -0.1) is 0 Å². The molecule has 0 radical (unpaired) electrons. The van der Waals surface area contributed by atoms with Crippen LogP contribution in [-0.2, 0) is 0 Å². The lowest BCUT2D eigenvalue weighted by Crippen LogP contribution is -1.93. The quantitative estimate of drug-likeness (QED) is 0.575. The minimum Gasteiger partial charge on any atom is -0.265 e. The van der Waals surface area contributed by atoms with E-state index in [1.165, 1.54) is 0 Å².